The second-order valence-electron chi connectivity index (χ2n) is 5.99. The van der Waals surface area contributed by atoms with E-state index in [9.17, 15) is 14.4 Å². The molecule has 0 unspecified atom stereocenters. The number of unbranched alkanes of at least 4 members (excludes halogenated alkanes) is 2. The van der Waals surface area contributed by atoms with E-state index in [4.69, 9.17) is 9.57 Å². The average Bonchev–Trinajstić information content (AvgIpc) is 2.71. The summed E-state index contributed by atoms with van der Waals surface area (Å²) in [5.74, 6) is -0.0615. The Kier molecular flexibility index (Phi) is 11.2. The molecule has 0 fully saturated rings. The molecule has 0 aliphatic carbocycles. The normalized spacial score (nSPS) is 10.3. The van der Waals surface area contributed by atoms with Crippen molar-refractivity contribution >= 4 is 29.9 Å². The van der Waals surface area contributed by atoms with Crippen LogP contribution in [0, 0.1) is 0 Å². The van der Waals surface area contributed by atoms with E-state index in [-0.39, 0.29) is 5.91 Å². The summed E-state index contributed by atoms with van der Waals surface area (Å²) in [5, 5.41) is 9.19. The number of hydrogen-bond acceptors (Lipinski definition) is 6. The number of methoxy groups -OCH3 is 1. The largest absolute Gasteiger partial charge is 0.452 e. The van der Waals surface area contributed by atoms with Crippen LogP contribution in [0.2, 0.25) is 0 Å². The van der Waals surface area contributed by atoms with Gasteiger partial charge in [-0.25, -0.2) is 9.59 Å². The van der Waals surface area contributed by atoms with Crippen LogP contribution in [-0.2, 0) is 14.4 Å². The smallest absolute Gasteiger partial charge is 0.422 e. The molecule has 9 heteroatoms. The number of ether oxygens (including phenoxy) is 1. The van der Waals surface area contributed by atoms with E-state index in [1.165, 1.54) is 20.2 Å². The summed E-state index contributed by atoms with van der Waals surface area (Å²) in [5.41, 5.74) is 1.10. The highest BCUT2D eigenvalue weighted by Gasteiger charge is 2.23. The predicted octanol–water partition coefficient (Wildman–Crippen LogP) is 2.81. The zero-order chi connectivity index (χ0) is 21.5. The first-order valence-electron chi connectivity index (χ1n) is 9.26. The number of anilines is 1. The molecule has 29 heavy (non-hydrogen) atoms. The Bertz CT molecular complexity index is 703. The minimum atomic E-state index is -0.788. The number of amides is 4. The van der Waals surface area contributed by atoms with Crippen LogP contribution in [0.3, 0.4) is 0 Å². The molecular formula is C20H28N4O5. The number of rotatable bonds is 11. The maximum atomic E-state index is 12.5. The highest BCUT2D eigenvalue weighted by Crippen LogP contribution is 2.16. The second kappa shape index (κ2) is 13.8. The standard InChI is InChI=1S/C20H28N4O5/c1-4-14-29-23-15-17-8-10-18(11-9-17)24(20(27)28-3)19(26)22-13-7-5-6-12-21-16(2)25/h4,8-11,15H,1,5-7,12-14H2,2-3H3,(H,21,25)(H,22,26). The van der Waals surface area contributed by atoms with Gasteiger partial charge in [-0.1, -0.05) is 29.9 Å². The Morgan fingerprint density at radius 1 is 1.10 bits per heavy atom. The van der Waals surface area contributed by atoms with Crippen molar-refractivity contribution in [1.29, 1.82) is 0 Å². The fourth-order valence-electron chi connectivity index (χ4n) is 2.27. The number of carbonyl (C=O) groups is 3. The predicted molar refractivity (Wildman–Crippen MR) is 111 cm³/mol. The summed E-state index contributed by atoms with van der Waals surface area (Å²) in [6.07, 6.45) is 4.67. The van der Waals surface area contributed by atoms with Gasteiger partial charge in [-0.3, -0.25) is 4.79 Å². The molecule has 2 N–H and O–H groups in total. The van der Waals surface area contributed by atoms with Crippen molar-refractivity contribution in [3.8, 4) is 0 Å². The van der Waals surface area contributed by atoms with Crippen molar-refractivity contribution < 1.29 is 24.0 Å². The van der Waals surface area contributed by atoms with Gasteiger partial charge in [0.1, 0.15) is 6.61 Å². The fraction of sp³-hybridized carbons (Fsp3) is 0.400. The molecule has 0 aromatic heterocycles. The molecule has 0 radical (unpaired) electrons. The third-order valence-corrected chi connectivity index (χ3v) is 3.68. The lowest BCUT2D eigenvalue weighted by Gasteiger charge is -2.20. The quantitative estimate of drug-likeness (QED) is 0.255. The van der Waals surface area contributed by atoms with Crippen LogP contribution in [0.25, 0.3) is 0 Å². The molecule has 0 heterocycles. The van der Waals surface area contributed by atoms with Crippen LogP contribution in [0.15, 0.2) is 42.1 Å². The third kappa shape index (κ3) is 9.41. The molecule has 9 nitrogen and oxygen atoms in total. The average molecular weight is 404 g/mol. The molecule has 1 aromatic rings. The molecule has 0 aliphatic heterocycles. The summed E-state index contributed by atoms with van der Waals surface area (Å²) >= 11 is 0. The van der Waals surface area contributed by atoms with Crippen molar-refractivity contribution in [2.75, 3.05) is 31.7 Å². The summed E-state index contributed by atoms with van der Waals surface area (Å²) < 4.78 is 4.72. The summed E-state index contributed by atoms with van der Waals surface area (Å²) in [6, 6.07) is 6.04. The SMILES string of the molecule is C=CCON=Cc1ccc(N(C(=O)NCCCCCNC(C)=O)C(=O)OC)cc1. The lowest BCUT2D eigenvalue weighted by molar-refractivity contribution is -0.118. The van der Waals surface area contributed by atoms with Crippen LogP contribution in [-0.4, -0.2) is 51.1 Å². The summed E-state index contributed by atoms with van der Waals surface area (Å²) in [7, 11) is 1.21. The van der Waals surface area contributed by atoms with Crippen LogP contribution >= 0.6 is 0 Å². The van der Waals surface area contributed by atoms with Gasteiger partial charge >= 0.3 is 12.1 Å². The van der Waals surface area contributed by atoms with Crippen molar-refractivity contribution in [1.82, 2.24) is 10.6 Å². The number of benzene rings is 1. The third-order valence-electron chi connectivity index (χ3n) is 3.68. The minimum absolute atomic E-state index is 0.0615. The van der Waals surface area contributed by atoms with E-state index < -0.39 is 12.1 Å². The van der Waals surface area contributed by atoms with Gasteiger partial charge in [0, 0.05) is 20.0 Å². The molecule has 0 saturated carbocycles. The highest BCUT2D eigenvalue weighted by molar-refractivity contribution is 6.11. The van der Waals surface area contributed by atoms with E-state index in [0.717, 1.165) is 29.7 Å². The molecule has 158 valence electrons. The molecular weight excluding hydrogens is 376 g/mol. The van der Waals surface area contributed by atoms with Crippen LogP contribution in [0.5, 0.6) is 0 Å². The van der Waals surface area contributed by atoms with E-state index in [1.807, 2.05) is 0 Å². The van der Waals surface area contributed by atoms with Gasteiger partial charge in [0.2, 0.25) is 5.91 Å². The first-order chi connectivity index (χ1) is 14.0. The first kappa shape index (κ1) is 23.7. The van der Waals surface area contributed by atoms with Crippen LogP contribution in [0.1, 0.15) is 31.7 Å². The molecule has 0 bridgehead atoms. The van der Waals surface area contributed by atoms with Crippen molar-refractivity contribution in [3.05, 3.63) is 42.5 Å². The topological polar surface area (TPSA) is 109 Å². The van der Waals surface area contributed by atoms with Gasteiger partial charge in [-0.05, 0) is 37.0 Å². The molecule has 1 rings (SSSR count). The number of imide groups is 1. The Labute approximate surface area is 170 Å². The van der Waals surface area contributed by atoms with E-state index in [2.05, 4.69) is 22.4 Å². The number of oxime groups is 1. The molecule has 0 atom stereocenters. The zero-order valence-electron chi connectivity index (χ0n) is 16.8. The van der Waals surface area contributed by atoms with Crippen molar-refractivity contribution in [2.45, 2.75) is 26.2 Å². The van der Waals surface area contributed by atoms with E-state index in [1.54, 1.807) is 30.3 Å². The Hall–Kier alpha value is -3.36. The molecule has 0 saturated heterocycles. The Morgan fingerprint density at radius 3 is 2.34 bits per heavy atom. The van der Waals surface area contributed by atoms with Crippen molar-refractivity contribution in [3.63, 3.8) is 0 Å². The minimum Gasteiger partial charge on any atom is -0.452 e. The van der Waals surface area contributed by atoms with Gasteiger partial charge in [0.05, 0.1) is 19.0 Å². The number of hydrogen-bond donors (Lipinski definition) is 2. The fourth-order valence-corrected chi connectivity index (χ4v) is 2.27. The maximum Gasteiger partial charge on any atom is 0.422 e. The number of nitrogens with one attached hydrogen (secondary N) is 2. The highest BCUT2D eigenvalue weighted by atomic mass is 16.6. The lowest BCUT2D eigenvalue weighted by Crippen LogP contribution is -2.44. The summed E-state index contributed by atoms with van der Waals surface area (Å²) in [4.78, 5) is 41.2. The molecule has 0 spiro atoms. The monoisotopic (exact) mass is 404 g/mol. The molecule has 1 aromatic carbocycles. The summed E-state index contributed by atoms with van der Waals surface area (Å²) in [6.45, 7) is 6.30. The van der Waals surface area contributed by atoms with Gasteiger partial charge in [0.15, 0.2) is 0 Å². The Balaban J connectivity index is 2.59. The molecule has 0 aliphatic rings. The number of carbonyl (C=O) groups excluding carboxylic acids is 3. The van der Waals surface area contributed by atoms with Crippen molar-refractivity contribution in [2.24, 2.45) is 5.16 Å². The lowest BCUT2D eigenvalue weighted by atomic mass is 10.2. The maximum absolute atomic E-state index is 12.5. The zero-order valence-corrected chi connectivity index (χ0v) is 16.8. The Morgan fingerprint density at radius 2 is 1.76 bits per heavy atom. The number of nitrogens with zero attached hydrogens (tertiary/aromatic N) is 2. The van der Waals surface area contributed by atoms with Gasteiger partial charge in [-0.15, -0.1) is 0 Å². The van der Waals surface area contributed by atoms with E-state index in [0.29, 0.717) is 25.4 Å². The first-order valence-corrected chi connectivity index (χ1v) is 9.26. The van der Waals surface area contributed by atoms with Crippen LogP contribution < -0.4 is 15.5 Å². The van der Waals surface area contributed by atoms with Gasteiger partial charge < -0.3 is 20.2 Å². The number of urea groups is 1. The van der Waals surface area contributed by atoms with Gasteiger partial charge in [0.25, 0.3) is 0 Å². The second-order valence-corrected chi connectivity index (χ2v) is 5.99. The van der Waals surface area contributed by atoms with Crippen LogP contribution in [0.4, 0.5) is 15.3 Å². The molecule has 4 amide bonds. The van der Waals surface area contributed by atoms with E-state index >= 15 is 0 Å². The van der Waals surface area contributed by atoms with Gasteiger partial charge in [-0.2, -0.15) is 4.90 Å².